The molecule has 0 radical (unpaired) electrons. The molecule has 0 saturated carbocycles. The van der Waals surface area contributed by atoms with Crippen molar-refractivity contribution < 1.29 is 9.90 Å². The van der Waals surface area contributed by atoms with E-state index in [1.807, 2.05) is 0 Å². The van der Waals surface area contributed by atoms with Crippen LogP contribution in [0.1, 0.15) is 5.69 Å². The van der Waals surface area contributed by atoms with Gasteiger partial charge in [0.2, 0.25) is 5.91 Å². The van der Waals surface area contributed by atoms with Gasteiger partial charge in [0, 0.05) is 6.08 Å². The third kappa shape index (κ3) is 2.87. The van der Waals surface area contributed by atoms with E-state index in [0.717, 1.165) is 6.08 Å². The molecule has 4 nitrogen and oxygen atoms in total. The van der Waals surface area contributed by atoms with Crippen molar-refractivity contribution >= 4 is 27.9 Å². The molecule has 0 aliphatic rings. The first-order valence-electron chi connectivity index (χ1n) is 3.42. The maximum Gasteiger partial charge on any atom is 0.241 e. The summed E-state index contributed by atoms with van der Waals surface area (Å²) in [7, 11) is 0. The van der Waals surface area contributed by atoms with Gasteiger partial charge in [-0.05, 0) is 34.1 Å². The molecule has 13 heavy (non-hydrogen) atoms. The number of amides is 1. The summed E-state index contributed by atoms with van der Waals surface area (Å²) in [6.45, 7) is 0. The highest BCUT2D eigenvalue weighted by Crippen LogP contribution is 2.18. The van der Waals surface area contributed by atoms with Crippen LogP contribution in [0.15, 0.2) is 22.8 Å². The average molecular weight is 243 g/mol. The fourth-order valence-electron chi connectivity index (χ4n) is 0.726. The van der Waals surface area contributed by atoms with Gasteiger partial charge in [-0.2, -0.15) is 0 Å². The van der Waals surface area contributed by atoms with Crippen molar-refractivity contribution in [2.75, 3.05) is 0 Å². The van der Waals surface area contributed by atoms with Crippen LogP contribution in [-0.4, -0.2) is 16.0 Å². The summed E-state index contributed by atoms with van der Waals surface area (Å²) < 4.78 is 0.578. The van der Waals surface area contributed by atoms with Crippen LogP contribution >= 0.6 is 15.9 Å². The number of nitrogens with zero attached hydrogens (tertiary/aromatic N) is 1. The minimum Gasteiger partial charge on any atom is -0.506 e. The van der Waals surface area contributed by atoms with Crippen molar-refractivity contribution in [2.45, 2.75) is 0 Å². The topological polar surface area (TPSA) is 76.2 Å². The smallest absolute Gasteiger partial charge is 0.241 e. The highest BCUT2D eigenvalue weighted by molar-refractivity contribution is 9.10. The van der Waals surface area contributed by atoms with Gasteiger partial charge in [-0.25, -0.2) is 4.98 Å². The molecule has 1 rings (SSSR count). The van der Waals surface area contributed by atoms with Crippen LogP contribution in [0.4, 0.5) is 0 Å². The fourth-order valence-corrected chi connectivity index (χ4v) is 1.05. The van der Waals surface area contributed by atoms with Gasteiger partial charge in [-0.3, -0.25) is 4.79 Å². The van der Waals surface area contributed by atoms with E-state index in [9.17, 15) is 9.90 Å². The summed E-state index contributed by atoms with van der Waals surface area (Å²) in [5.41, 5.74) is 5.18. The first-order valence-corrected chi connectivity index (χ1v) is 4.22. The minimum atomic E-state index is -0.582. The molecule has 0 aliphatic heterocycles. The summed E-state index contributed by atoms with van der Waals surface area (Å²) >= 11 is 3.13. The molecule has 3 N–H and O–H groups in total. The van der Waals surface area contributed by atoms with E-state index in [2.05, 4.69) is 20.9 Å². The van der Waals surface area contributed by atoms with Crippen LogP contribution in [0.3, 0.4) is 0 Å². The Kier molecular flexibility index (Phi) is 3.02. The molecule has 0 aromatic carbocycles. The SMILES string of the molecule is NC(=O)C=Cc1nc(Br)ccc1O. The van der Waals surface area contributed by atoms with E-state index in [0.29, 0.717) is 10.3 Å². The molecule has 0 unspecified atom stereocenters. The molecule has 0 spiro atoms. The number of primary amides is 1. The lowest BCUT2D eigenvalue weighted by Crippen LogP contribution is -2.05. The Morgan fingerprint density at radius 1 is 1.62 bits per heavy atom. The van der Waals surface area contributed by atoms with Gasteiger partial charge in [0.25, 0.3) is 0 Å². The summed E-state index contributed by atoms with van der Waals surface area (Å²) in [5.74, 6) is -0.582. The highest BCUT2D eigenvalue weighted by atomic mass is 79.9. The molecule has 1 aromatic rings. The predicted molar refractivity (Wildman–Crippen MR) is 51.8 cm³/mol. The lowest BCUT2D eigenvalue weighted by molar-refractivity contribution is -0.113. The van der Waals surface area contributed by atoms with E-state index < -0.39 is 5.91 Å². The van der Waals surface area contributed by atoms with Crippen molar-refractivity contribution in [3.05, 3.63) is 28.5 Å². The predicted octanol–water partition coefficient (Wildman–Crippen LogP) is 1.05. The van der Waals surface area contributed by atoms with Crippen LogP contribution in [0.25, 0.3) is 6.08 Å². The van der Waals surface area contributed by atoms with Crippen LogP contribution < -0.4 is 5.73 Å². The Balaban J connectivity index is 3.00. The molecule has 1 amide bonds. The third-order valence-corrected chi connectivity index (χ3v) is 1.72. The fraction of sp³-hybridized carbons (Fsp3) is 0. The van der Waals surface area contributed by atoms with Crippen molar-refractivity contribution in [3.63, 3.8) is 0 Å². The Morgan fingerprint density at radius 3 is 2.92 bits per heavy atom. The van der Waals surface area contributed by atoms with Gasteiger partial charge in [0.05, 0.1) is 0 Å². The number of pyridine rings is 1. The Bertz CT molecular complexity index is 363. The number of aromatic hydroxyl groups is 1. The largest absolute Gasteiger partial charge is 0.506 e. The molecule has 0 saturated heterocycles. The number of nitrogens with two attached hydrogens (primary N) is 1. The maximum absolute atomic E-state index is 10.4. The molecule has 5 heteroatoms. The van der Waals surface area contributed by atoms with Crippen LogP contribution in [0.2, 0.25) is 0 Å². The minimum absolute atomic E-state index is 0.000648. The molecule has 0 fully saturated rings. The number of hydrogen-bond acceptors (Lipinski definition) is 3. The standard InChI is InChI=1S/C8H7BrN2O2/c9-7-3-2-6(12)5(11-7)1-4-8(10)13/h1-4,12H,(H2,10,13). The summed E-state index contributed by atoms with van der Waals surface area (Å²) in [4.78, 5) is 14.3. The molecule has 68 valence electrons. The van der Waals surface area contributed by atoms with E-state index in [4.69, 9.17) is 5.73 Å². The normalized spacial score (nSPS) is 10.5. The van der Waals surface area contributed by atoms with Crippen molar-refractivity contribution in [1.82, 2.24) is 4.98 Å². The van der Waals surface area contributed by atoms with Crippen LogP contribution in [0.5, 0.6) is 5.75 Å². The monoisotopic (exact) mass is 242 g/mol. The summed E-state index contributed by atoms with van der Waals surface area (Å²) in [6, 6.07) is 3.06. The van der Waals surface area contributed by atoms with Crippen molar-refractivity contribution in [1.29, 1.82) is 0 Å². The molecule has 0 aliphatic carbocycles. The van der Waals surface area contributed by atoms with Gasteiger partial charge in [0.1, 0.15) is 16.0 Å². The van der Waals surface area contributed by atoms with Crippen molar-refractivity contribution in [3.8, 4) is 5.75 Å². The highest BCUT2D eigenvalue weighted by Gasteiger charge is 1.99. The number of carbonyl (C=O) groups excluding carboxylic acids is 1. The van der Waals surface area contributed by atoms with Gasteiger partial charge in [-0.1, -0.05) is 0 Å². The molecular weight excluding hydrogens is 236 g/mol. The lowest BCUT2D eigenvalue weighted by Gasteiger charge is -1.97. The zero-order chi connectivity index (χ0) is 9.84. The zero-order valence-electron chi connectivity index (χ0n) is 6.57. The molecule has 0 atom stereocenters. The van der Waals surface area contributed by atoms with Crippen LogP contribution in [0, 0.1) is 0 Å². The van der Waals surface area contributed by atoms with Gasteiger partial charge in [-0.15, -0.1) is 0 Å². The van der Waals surface area contributed by atoms with Crippen molar-refractivity contribution in [2.24, 2.45) is 5.73 Å². The molecular formula is C8H7BrN2O2. The summed E-state index contributed by atoms with van der Waals surface area (Å²) in [6.07, 6.45) is 2.48. The zero-order valence-corrected chi connectivity index (χ0v) is 8.15. The second-order valence-electron chi connectivity index (χ2n) is 2.27. The first-order chi connectivity index (χ1) is 6.09. The quantitative estimate of drug-likeness (QED) is 0.602. The average Bonchev–Trinajstić information content (AvgIpc) is 2.06. The maximum atomic E-state index is 10.4. The van der Waals surface area contributed by atoms with Crippen LogP contribution in [-0.2, 0) is 4.79 Å². The molecule has 1 aromatic heterocycles. The van der Waals surface area contributed by atoms with Gasteiger partial charge >= 0.3 is 0 Å². The second kappa shape index (κ2) is 4.04. The Morgan fingerprint density at radius 2 is 2.31 bits per heavy atom. The van der Waals surface area contributed by atoms with Gasteiger partial charge < -0.3 is 10.8 Å². The first kappa shape index (κ1) is 9.73. The number of carbonyl (C=O) groups is 1. The van der Waals surface area contributed by atoms with E-state index in [1.165, 1.54) is 12.1 Å². The molecule has 0 bridgehead atoms. The van der Waals surface area contributed by atoms with E-state index >= 15 is 0 Å². The number of halogens is 1. The second-order valence-corrected chi connectivity index (χ2v) is 3.09. The lowest BCUT2D eigenvalue weighted by atomic mass is 10.3. The Labute approximate surface area is 83.2 Å². The molecule has 1 heterocycles. The van der Waals surface area contributed by atoms with E-state index in [-0.39, 0.29) is 5.75 Å². The number of aromatic nitrogens is 1. The van der Waals surface area contributed by atoms with Gasteiger partial charge in [0.15, 0.2) is 0 Å². The summed E-state index contributed by atoms with van der Waals surface area (Å²) in [5, 5.41) is 9.26. The number of rotatable bonds is 2. The Hall–Kier alpha value is -1.36. The van der Waals surface area contributed by atoms with E-state index in [1.54, 1.807) is 6.07 Å². The number of hydrogen-bond donors (Lipinski definition) is 2. The third-order valence-electron chi connectivity index (χ3n) is 1.27.